The van der Waals surface area contributed by atoms with Gasteiger partial charge in [0.05, 0.1) is 24.5 Å². The zero-order chi connectivity index (χ0) is 19.0. The SMILES string of the molecule is CC(C)CCC(=O)NCC(=O)NC(C)c1ccccc1NS(C)(=O)=O. The third kappa shape index (κ3) is 8.53. The Hall–Kier alpha value is -2.09. The number of amides is 2. The lowest BCUT2D eigenvalue weighted by molar-refractivity contribution is -0.126. The van der Waals surface area contributed by atoms with Crippen molar-refractivity contribution in [1.29, 1.82) is 0 Å². The van der Waals surface area contributed by atoms with Crippen LogP contribution in [0.25, 0.3) is 0 Å². The van der Waals surface area contributed by atoms with E-state index in [9.17, 15) is 18.0 Å². The third-order valence-electron chi connectivity index (χ3n) is 3.50. The van der Waals surface area contributed by atoms with Crippen molar-refractivity contribution in [2.24, 2.45) is 5.92 Å². The largest absolute Gasteiger partial charge is 0.348 e. The van der Waals surface area contributed by atoms with E-state index in [0.717, 1.165) is 12.7 Å². The van der Waals surface area contributed by atoms with E-state index in [-0.39, 0.29) is 18.4 Å². The van der Waals surface area contributed by atoms with Gasteiger partial charge in [0.2, 0.25) is 21.8 Å². The van der Waals surface area contributed by atoms with E-state index < -0.39 is 16.1 Å². The summed E-state index contributed by atoms with van der Waals surface area (Å²) >= 11 is 0. The molecule has 1 rings (SSSR count). The highest BCUT2D eigenvalue weighted by Crippen LogP contribution is 2.23. The van der Waals surface area contributed by atoms with Crippen LogP contribution in [0.5, 0.6) is 0 Å². The van der Waals surface area contributed by atoms with Gasteiger partial charge in [-0.1, -0.05) is 32.0 Å². The van der Waals surface area contributed by atoms with Gasteiger partial charge in [0.25, 0.3) is 0 Å². The zero-order valence-corrected chi connectivity index (χ0v) is 15.9. The number of rotatable bonds is 9. The molecular weight excluding hydrogens is 342 g/mol. The van der Waals surface area contributed by atoms with Crippen LogP contribution in [0.4, 0.5) is 5.69 Å². The smallest absolute Gasteiger partial charge is 0.239 e. The summed E-state index contributed by atoms with van der Waals surface area (Å²) in [6.45, 7) is 5.71. The van der Waals surface area contributed by atoms with Gasteiger partial charge in [0, 0.05) is 6.42 Å². The summed E-state index contributed by atoms with van der Waals surface area (Å²) in [6.07, 6.45) is 2.23. The van der Waals surface area contributed by atoms with Crippen LogP contribution >= 0.6 is 0 Å². The summed E-state index contributed by atoms with van der Waals surface area (Å²) in [5, 5.41) is 5.34. The molecule has 2 amide bonds. The second-order valence-corrected chi connectivity index (χ2v) is 8.21. The van der Waals surface area contributed by atoms with E-state index in [1.807, 2.05) is 13.8 Å². The molecule has 8 heteroatoms. The maximum absolute atomic E-state index is 12.0. The van der Waals surface area contributed by atoms with Crippen molar-refractivity contribution in [1.82, 2.24) is 10.6 Å². The molecule has 0 aliphatic carbocycles. The number of carbonyl (C=O) groups excluding carboxylic acids is 2. The Balaban J connectivity index is 2.60. The number of para-hydroxylation sites is 1. The molecule has 25 heavy (non-hydrogen) atoms. The van der Waals surface area contributed by atoms with Gasteiger partial charge < -0.3 is 10.6 Å². The molecule has 1 aromatic carbocycles. The molecule has 0 aliphatic heterocycles. The van der Waals surface area contributed by atoms with Gasteiger partial charge in [-0.3, -0.25) is 14.3 Å². The molecule has 0 heterocycles. The van der Waals surface area contributed by atoms with Crippen molar-refractivity contribution in [2.45, 2.75) is 39.7 Å². The molecule has 0 aromatic heterocycles. The minimum Gasteiger partial charge on any atom is -0.348 e. The number of benzene rings is 1. The average molecular weight is 369 g/mol. The highest BCUT2D eigenvalue weighted by molar-refractivity contribution is 7.92. The maximum Gasteiger partial charge on any atom is 0.239 e. The molecule has 3 N–H and O–H groups in total. The van der Waals surface area contributed by atoms with Gasteiger partial charge in [-0.25, -0.2) is 8.42 Å². The molecule has 0 fully saturated rings. The molecule has 0 radical (unpaired) electrons. The molecule has 1 unspecified atom stereocenters. The summed E-state index contributed by atoms with van der Waals surface area (Å²) in [5.74, 6) is -0.0614. The van der Waals surface area contributed by atoms with Gasteiger partial charge in [-0.2, -0.15) is 0 Å². The summed E-state index contributed by atoms with van der Waals surface area (Å²) < 4.78 is 25.3. The van der Waals surface area contributed by atoms with Gasteiger partial charge >= 0.3 is 0 Å². The van der Waals surface area contributed by atoms with Gasteiger partial charge in [0.1, 0.15) is 0 Å². The number of hydrogen-bond donors (Lipinski definition) is 3. The highest BCUT2D eigenvalue weighted by Gasteiger charge is 2.15. The first-order chi connectivity index (χ1) is 11.6. The molecule has 140 valence electrons. The highest BCUT2D eigenvalue weighted by atomic mass is 32.2. The minimum atomic E-state index is -3.42. The van der Waals surface area contributed by atoms with Crippen LogP contribution in [-0.4, -0.2) is 33.0 Å². The molecule has 0 spiro atoms. The topological polar surface area (TPSA) is 104 Å². The number of anilines is 1. The molecule has 0 aliphatic rings. The molecule has 0 saturated heterocycles. The molecular formula is C17H27N3O4S. The standard InChI is InChI=1S/C17H27N3O4S/c1-12(2)9-10-16(21)18-11-17(22)19-13(3)14-7-5-6-8-15(14)20-25(4,23)24/h5-8,12-13,20H,9-11H2,1-4H3,(H,18,21)(H,19,22). The number of hydrogen-bond acceptors (Lipinski definition) is 4. The molecule has 7 nitrogen and oxygen atoms in total. The fourth-order valence-corrected chi connectivity index (χ4v) is 2.81. The lowest BCUT2D eigenvalue weighted by atomic mass is 10.1. The Morgan fingerprint density at radius 2 is 1.72 bits per heavy atom. The quantitative estimate of drug-likeness (QED) is 0.617. The molecule has 0 bridgehead atoms. The number of sulfonamides is 1. The summed E-state index contributed by atoms with van der Waals surface area (Å²) in [7, 11) is -3.42. The molecule has 1 aromatic rings. The number of nitrogens with one attached hydrogen (secondary N) is 3. The van der Waals surface area contributed by atoms with E-state index in [4.69, 9.17) is 0 Å². The van der Waals surface area contributed by atoms with Crippen LogP contribution < -0.4 is 15.4 Å². The van der Waals surface area contributed by atoms with Crippen LogP contribution in [0.2, 0.25) is 0 Å². The Bertz CT molecular complexity index is 702. The van der Waals surface area contributed by atoms with Gasteiger partial charge in [-0.05, 0) is 30.9 Å². The van der Waals surface area contributed by atoms with Crippen LogP contribution in [0.1, 0.15) is 45.2 Å². The van der Waals surface area contributed by atoms with E-state index in [1.165, 1.54) is 0 Å². The normalized spacial score (nSPS) is 12.5. The van der Waals surface area contributed by atoms with Gasteiger partial charge in [0.15, 0.2) is 0 Å². The lowest BCUT2D eigenvalue weighted by Crippen LogP contribution is -2.38. The van der Waals surface area contributed by atoms with Crippen molar-refractivity contribution < 1.29 is 18.0 Å². The van der Waals surface area contributed by atoms with E-state index in [1.54, 1.807) is 31.2 Å². The lowest BCUT2D eigenvalue weighted by Gasteiger charge is -2.18. The van der Waals surface area contributed by atoms with Crippen LogP contribution in [0.15, 0.2) is 24.3 Å². The maximum atomic E-state index is 12.0. The number of carbonyl (C=O) groups is 2. The van der Waals surface area contributed by atoms with Crippen molar-refractivity contribution in [2.75, 3.05) is 17.5 Å². The van der Waals surface area contributed by atoms with Crippen LogP contribution in [0.3, 0.4) is 0 Å². The fraction of sp³-hybridized carbons (Fsp3) is 0.529. The van der Waals surface area contributed by atoms with Crippen molar-refractivity contribution in [3.05, 3.63) is 29.8 Å². The minimum absolute atomic E-state index is 0.108. The molecule has 1 atom stereocenters. The Labute approximate surface area is 149 Å². The Kier molecular flexibility index (Phi) is 7.89. The zero-order valence-electron chi connectivity index (χ0n) is 15.1. The summed E-state index contributed by atoms with van der Waals surface area (Å²) in [6, 6.07) is 6.43. The van der Waals surface area contributed by atoms with Crippen LogP contribution in [0, 0.1) is 5.92 Å². The van der Waals surface area contributed by atoms with Crippen molar-refractivity contribution >= 4 is 27.5 Å². The third-order valence-corrected chi connectivity index (χ3v) is 4.09. The van der Waals surface area contributed by atoms with E-state index in [0.29, 0.717) is 23.6 Å². The van der Waals surface area contributed by atoms with Crippen molar-refractivity contribution in [3.63, 3.8) is 0 Å². The van der Waals surface area contributed by atoms with Crippen LogP contribution in [-0.2, 0) is 19.6 Å². The Morgan fingerprint density at radius 3 is 2.32 bits per heavy atom. The second-order valence-electron chi connectivity index (χ2n) is 6.46. The Morgan fingerprint density at radius 1 is 1.08 bits per heavy atom. The van der Waals surface area contributed by atoms with E-state index in [2.05, 4.69) is 15.4 Å². The predicted molar refractivity (Wildman–Crippen MR) is 98.5 cm³/mol. The average Bonchev–Trinajstić information content (AvgIpc) is 2.49. The first-order valence-electron chi connectivity index (χ1n) is 8.21. The summed E-state index contributed by atoms with van der Waals surface area (Å²) in [4.78, 5) is 23.7. The molecule has 0 saturated carbocycles. The van der Waals surface area contributed by atoms with Crippen molar-refractivity contribution in [3.8, 4) is 0 Å². The second kappa shape index (κ2) is 9.41. The first kappa shape index (κ1) is 21.0. The van der Waals surface area contributed by atoms with Gasteiger partial charge in [-0.15, -0.1) is 0 Å². The fourth-order valence-electron chi connectivity index (χ4n) is 2.22. The van der Waals surface area contributed by atoms with E-state index >= 15 is 0 Å². The first-order valence-corrected chi connectivity index (χ1v) is 10.1. The monoisotopic (exact) mass is 369 g/mol. The summed E-state index contributed by atoms with van der Waals surface area (Å²) in [5.41, 5.74) is 1.06. The predicted octanol–water partition coefficient (Wildman–Crippen LogP) is 1.79.